The van der Waals surface area contributed by atoms with Gasteiger partial charge in [-0.05, 0) is 11.6 Å². The van der Waals surface area contributed by atoms with Crippen molar-refractivity contribution in [2.75, 3.05) is 19.8 Å². The SMILES string of the molecule is NOCCc1ccc2c(c1F)OCCCO2. The first-order chi connectivity index (χ1) is 7.83. The second kappa shape index (κ2) is 5.14. The zero-order chi connectivity index (χ0) is 11.4. The molecule has 1 aliphatic rings. The van der Waals surface area contributed by atoms with Crippen molar-refractivity contribution in [1.29, 1.82) is 0 Å². The Bertz CT molecular complexity index is 370. The third kappa shape index (κ3) is 2.25. The van der Waals surface area contributed by atoms with E-state index in [0.29, 0.717) is 30.9 Å². The van der Waals surface area contributed by atoms with Crippen molar-refractivity contribution in [2.45, 2.75) is 12.8 Å². The highest BCUT2D eigenvalue weighted by atomic mass is 19.1. The van der Waals surface area contributed by atoms with Crippen LogP contribution >= 0.6 is 0 Å². The first kappa shape index (κ1) is 11.2. The summed E-state index contributed by atoms with van der Waals surface area (Å²) in [6.45, 7) is 1.30. The van der Waals surface area contributed by atoms with Crippen molar-refractivity contribution in [1.82, 2.24) is 0 Å². The molecule has 0 radical (unpaired) electrons. The minimum atomic E-state index is -0.378. The Balaban J connectivity index is 2.26. The van der Waals surface area contributed by atoms with Gasteiger partial charge in [0, 0.05) is 12.8 Å². The number of rotatable bonds is 3. The largest absolute Gasteiger partial charge is 0.489 e. The van der Waals surface area contributed by atoms with Gasteiger partial charge in [0.25, 0.3) is 0 Å². The number of benzene rings is 1. The predicted octanol–water partition coefficient (Wildman–Crippen LogP) is 1.42. The van der Waals surface area contributed by atoms with Crippen LogP contribution in [0.25, 0.3) is 0 Å². The Hall–Kier alpha value is -1.33. The molecule has 2 rings (SSSR count). The smallest absolute Gasteiger partial charge is 0.197 e. The summed E-state index contributed by atoms with van der Waals surface area (Å²) >= 11 is 0. The zero-order valence-corrected chi connectivity index (χ0v) is 8.87. The Kier molecular flexibility index (Phi) is 3.58. The van der Waals surface area contributed by atoms with Crippen molar-refractivity contribution in [3.05, 3.63) is 23.5 Å². The predicted molar refractivity (Wildman–Crippen MR) is 55.9 cm³/mol. The van der Waals surface area contributed by atoms with Gasteiger partial charge in [-0.25, -0.2) is 10.3 Å². The maximum absolute atomic E-state index is 14.0. The van der Waals surface area contributed by atoms with E-state index in [4.69, 9.17) is 15.4 Å². The summed E-state index contributed by atoms with van der Waals surface area (Å²) < 4.78 is 24.7. The van der Waals surface area contributed by atoms with Gasteiger partial charge in [0.2, 0.25) is 0 Å². The highest BCUT2D eigenvalue weighted by Crippen LogP contribution is 2.34. The van der Waals surface area contributed by atoms with Gasteiger partial charge in [0.1, 0.15) is 0 Å². The molecule has 0 unspecified atom stereocenters. The van der Waals surface area contributed by atoms with Crippen LogP contribution in [0.2, 0.25) is 0 Å². The molecule has 0 fully saturated rings. The van der Waals surface area contributed by atoms with E-state index in [0.717, 1.165) is 6.42 Å². The first-order valence-corrected chi connectivity index (χ1v) is 5.21. The lowest BCUT2D eigenvalue weighted by atomic mass is 10.1. The average Bonchev–Trinajstić information content (AvgIpc) is 2.54. The Labute approximate surface area is 93.1 Å². The van der Waals surface area contributed by atoms with Gasteiger partial charge in [-0.15, -0.1) is 0 Å². The highest BCUT2D eigenvalue weighted by Gasteiger charge is 2.18. The zero-order valence-electron chi connectivity index (χ0n) is 8.87. The molecule has 0 atom stereocenters. The number of fused-ring (bicyclic) bond motifs is 1. The van der Waals surface area contributed by atoms with Crippen LogP contribution in [0.4, 0.5) is 4.39 Å². The van der Waals surface area contributed by atoms with Crippen LogP contribution in [0.15, 0.2) is 12.1 Å². The van der Waals surface area contributed by atoms with Crippen LogP contribution in [-0.4, -0.2) is 19.8 Å². The van der Waals surface area contributed by atoms with E-state index in [9.17, 15) is 4.39 Å². The Morgan fingerprint density at radius 3 is 2.94 bits per heavy atom. The monoisotopic (exact) mass is 227 g/mol. The van der Waals surface area contributed by atoms with E-state index in [-0.39, 0.29) is 18.2 Å². The topological polar surface area (TPSA) is 53.7 Å². The molecule has 2 N–H and O–H groups in total. The Morgan fingerprint density at radius 2 is 2.12 bits per heavy atom. The fourth-order valence-corrected chi connectivity index (χ4v) is 1.60. The normalized spacial score (nSPS) is 14.6. The van der Waals surface area contributed by atoms with Crippen molar-refractivity contribution >= 4 is 0 Å². The molecule has 1 aromatic rings. The summed E-state index contributed by atoms with van der Waals surface area (Å²) in [5.41, 5.74) is 0.523. The van der Waals surface area contributed by atoms with Crippen LogP contribution in [0.5, 0.6) is 11.5 Å². The lowest BCUT2D eigenvalue weighted by molar-refractivity contribution is 0.140. The third-order valence-electron chi connectivity index (χ3n) is 2.42. The molecule has 1 aromatic carbocycles. The maximum atomic E-state index is 14.0. The van der Waals surface area contributed by atoms with Crippen LogP contribution < -0.4 is 15.4 Å². The molecule has 16 heavy (non-hydrogen) atoms. The molecule has 0 amide bonds. The number of hydrogen-bond donors (Lipinski definition) is 1. The van der Waals surface area contributed by atoms with Crippen molar-refractivity contribution in [3.63, 3.8) is 0 Å². The van der Waals surface area contributed by atoms with Crippen LogP contribution in [0.3, 0.4) is 0 Å². The van der Waals surface area contributed by atoms with E-state index in [1.165, 1.54) is 0 Å². The number of hydrogen-bond acceptors (Lipinski definition) is 4. The van der Waals surface area contributed by atoms with Gasteiger partial charge in [-0.2, -0.15) is 0 Å². The van der Waals surface area contributed by atoms with Crippen molar-refractivity contribution < 1.29 is 18.7 Å². The average molecular weight is 227 g/mol. The Morgan fingerprint density at radius 1 is 1.31 bits per heavy atom. The summed E-state index contributed by atoms with van der Waals surface area (Å²) in [4.78, 5) is 4.43. The molecule has 0 bridgehead atoms. The summed E-state index contributed by atoms with van der Waals surface area (Å²) in [6, 6.07) is 3.39. The van der Waals surface area contributed by atoms with Crippen molar-refractivity contribution in [3.8, 4) is 11.5 Å². The van der Waals surface area contributed by atoms with E-state index >= 15 is 0 Å². The molecule has 1 aliphatic heterocycles. The second-order valence-electron chi connectivity index (χ2n) is 3.54. The van der Waals surface area contributed by atoms with Gasteiger partial charge in [-0.3, -0.25) is 0 Å². The van der Waals surface area contributed by atoms with E-state index < -0.39 is 0 Å². The molecule has 0 aromatic heterocycles. The van der Waals surface area contributed by atoms with Gasteiger partial charge in [0.05, 0.1) is 19.8 Å². The van der Waals surface area contributed by atoms with Crippen LogP contribution in [0, 0.1) is 5.82 Å². The summed E-state index contributed by atoms with van der Waals surface area (Å²) in [7, 11) is 0. The minimum Gasteiger partial charge on any atom is -0.489 e. The van der Waals surface area contributed by atoms with E-state index in [1.54, 1.807) is 12.1 Å². The minimum absolute atomic E-state index is 0.201. The quantitative estimate of drug-likeness (QED) is 0.793. The molecular formula is C11H14FNO3. The summed E-state index contributed by atoms with van der Waals surface area (Å²) in [6.07, 6.45) is 1.17. The molecule has 0 spiro atoms. The second-order valence-corrected chi connectivity index (χ2v) is 3.54. The van der Waals surface area contributed by atoms with Crippen molar-refractivity contribution in [2.24, 2.45) is 5.90 Å². The van der Waals surface area contributed by atoms with E-state index in [2.05, 4.69) is 4.84 Å². The fourth-order valence-electron chi connectivity index (χ4n) is 1.60. The molecule has 1 heterocycles. The number of nitrogens with two attached hydrogens (primary N) is 1. The van der Waals surface area contributed by atoms with Gasteiger partial charge in [-0.1, -0.05) is 6.07 Å². The maximum Gasteiger partial charge on any atom is 0.197 e. The first-order valence-electron chi connectivity index (χ1n) is 5.21. The van der Waals surface area contributed by atoms with Gasteiger partial charge >= 0.3 is 0 Å². The van der Waals surface area contributed by atoms with Gasteiger partial charge < -0.3 is 14.3 Å². The molecule has 0 saturated heterocycles. The van der Waals surface area contributed by atoms with Gasteiger partial charge in [0.15, 0.2) is 17.3 Å². The summed E-state index contributed by atoms with van der Waals surface area (Å²) in [5.74, 6) is 5.20. The molecule has 0 saturated carbocycles. The lowest BCUT2D eigenvalue weighted by Gasteiger charge is -2.11. The van der Waals surface area contributed by atoms with Crippen LogP contribution in [0.1, 0.15) is 12.0 Å². The molecule has 88 valence electrons. The van der Waals surface area contributed by atoms with E-state index in [1.807, 2.05) is 0 Å². The summed E-state index contributed by atoms with van der Waals surface area (Å²) in [5, 5.41) is 0. The van der Waals surface area contributed by atoms with Crippen LogP contribution in [-0.2, 0) is 11.3 Å². The number of halogens is 1. The molecule has 0 aliphatic carbocycles. The third-order valence-corrected chi connectivity index (χ3v) is 2.42. The highest BCUT2D eigenvalue weighted by molar-refractivity contribution is 5.45. The number of ether oxygens (including phenoxy) is 2. The lowest BCUT2D eigenvalue weighted by Crippen LogP contribution is -2.06. The molecule has 4 nitrogen and oxygen atoms in total. The molecule has 5 heteroatoms. The standard InChI is InChI=1S/C11H14FNO3/c12-10-8(4-7-16-13)2-3-9-11(10)15-6-1-5-14-9/h2-3H,1,4-7,13H2. The molecular weight excluding hydrogens is 213 g/mol. The fraction of sp³-hybridized carbons (Fsp3) is 0.455.